The number of unbranched alkanes of at least 4 members (excludes halogenated alkanes) is 1. The average Bonchev–Trinajstić information content (AvgIpc) is 2.77. The first-order chi connectivity index (χ1) is 14.4. The zero-order valence-electron chi connectivity index (χ0n) is 17.2. The molecule has 162 valence electrons. The zero-order chi connectivity index (χ0) is 21.6. The van der Waals surface area contributed by atoms with Gasteiger partial charge in [-0.15, -0.1) is 0 Å². The molecule has 2 heterocycles. The lowest BCUT2D eigenvalue weighted by Crippen LogP contribution is -2.49. The van der Waals surface area contributed by atoms with Crippen molar-refractivity contribution < 1.29 is 17.6 Å². The number of amides is 1. The van der Waals surface area contributed by atoms with E-state index in [-0.39, 0.29) is 23.4 Å². The van der Waals surface area contributed by atoms with Gasteiger partial charge in [-0.05, 0) is 37.0 Å². The quantitative estimate of drug-likeness (QED) is 0.639. The number of carbonyl (C=O) groups is 1. The second-order valence-corrected chi connectivity index (χ2v) is 9.67. The maximum atomic E-state index is 13.2. The number of piperidine rings is 1. The van der Waals surface area contributed by atoms with E-state index in [1.54, 1.807) is 9.21 Å². The molecule has 2 aromatic rings. The minimum Gasteiger partial charge on any atom is -0.330 e. The topological polar surface area (TPSA) is 70.6 Å². The van der Waals surface area contributed by atoms with Crippen LogP contribution in [0.15, 0.2) is 48.7 Å². The summed E-state index contributed by atoms with van der Waals surface area (Å²) in [6.45, 7) is 3.16. The van der Waals surface area contributed by atoms with Crippen LogP contribution >= 0.6 is 0 Å². The highest BCUT2D eigenvalue weighted by atomic mass is 32.2. The molecule has 0 aliphatic carbocycles. The third kappa shape index (κ3) is 5.64. The Morgan fingerprint density at radius 3 is 2.47 bits per heavy atom. The van der Waals surface area contributed by atoms with Crippen molar-refractivity contribution in [1.82, 2.24) is 14.2 Å². The maximum Gasteiger partial charge on any atom is 0.272 e. The highest BCUT2D eigenvalue weighted by Gasteiger charge is 2.33. The van der Waals surface area contributed by atoms with Gasteiger partial charge in [-0.1, -0.05) is 43.7 Å². The predicted molar refractivity (Wildman–Crippen MR) is 114 cm³/mol. The molecule has 0 atom stereocenters. The van der Waals surface area contributed by atoms with E-state index in [0.29, 0.717) is 38.9 Å². The Kier molecular flexibility index (Phi) is 7.55. The molecule has 0 radical (unpaired) electrons. The molecular formula is C22H28FN3O3S. The second kappa shape index (κ2) is 10.1. The first-order valence-electron chi connectivity index (χ1n) is 10.3. The van der Waals surface area contributed by atoms with Crippen LogP contribution < -0.4 is 0 Å². The van der Waals surface area contributed by atoms with Crippen LogP contribution in [-0.2, 0) is 16.6 Å². The molecule has 1 aliphatic heterocycles. The number of rotatable bonds is 8. The van der Waals surface area contributed by atoms with Crippen molar-refractivity contribution in [3.05, 3.63) is 65.7 Å². The Labute approximate surface area is 177 Å². The molecule has 0 bridgehead atoms. The van der Waals surface area contributed by atoms with Gasteiger partial charge in [0.05, 0.1) is 11.9 Å². The molecule has 0 unspecified atom stereocenters. The predicted octanol–water partition coefficient (Wildman–Crippen LogP) is 3.46. The van der Waals surface area contributed by atoms with Gasteiger partial charge in [0.1, 0.15) is 11.5 Å². The Balaban J connectivity index is 1.76. The fourth-order valence-electron chi connectivity index (χ4n) is 3.68. The number of pyridine rings is 1. The summed E-state index contributed by atoms with van der Waals surface area (Å²) in [4.78, 5) is 18.9. The number of sulfonamides is 1. The molecule has 0 spiro atoms. The summed E-state index contributed by atoms with van der Waals surface area (Å²) in [5, 5.41) is 0. The number of hydrogen-bond donors (Lipinski definition) is 0. The van der Waals surface area contributed by atoms with Crippen LogP contribution in [0.2, 0.25) is 0 Å². The standard InChI is InChI=1S/C22H28FN3O3S/c1-2-3-15-30(28,29)25-13-11-20(12-14-25)26(17-18-7-5-4-6-8-18)22(27)21-10-9-19(23)16-24-21/h4-10,16,20H,2-3,11-15,17H2,1H3. The summed E-state index contributed by atoms with van der Waals surface area (Å²) in [6, 6.07) is 12.1. The normalized spacial score (nSPS) is 15.8. The largest absolute Gasteiger partial charge is 0.330 e. The SMILES string of the molecule is CCCCS(=O)(=O)N1CCC(N(Cc2ccccc2)C(=O)c2ccc(F)cn2)CC1. The molecule has 3 rings (SSSR count). The fraction of sp³-hybridized carbons (Fsp3) is 0.455. The van der Waals surface area contributed by atoms with Gasteiger partial charge in [0.2, 0.25) is 10.0 Å². The van der Waals surface area contributed by atoms with Crippen molar-refractivity contribution in [3.63, 3.8) is 0 Å². The smallest absolute Gasteiger partial charge is 0.272 e. The summed E-state index contributed by atoms with van der Waals surface area (Å²) in [6.07, 6.45) is 3.64. The van der Waals surface area contributed by atoms with E-state index in [2.05, 4.69) is 4.98 Å². The third-order valence-corrected chi connectivity index (χ3v) is 7.37. The van der Waals surface area contributed by atoms with Gasteiger partial charge in [-0.3, -0.25) is 4.79 Å². The molecule has 1 saturated heterocycles. The summed E-state index contributed by atoms with van der Waals surface area (Å²) in [5.41, 5.74) is 1.16. The van der Waals surface area contributed by atoms with Gasteiger partial charge in [-0.25, -0.2) is 22.1 Å². The third-order valence-electron chi connectivity index (χ3n) is 5.42. The van der Waals surface area contributed by atoms with Gasteiger partial charge < -0.3 is 4.90 Å². The van der Waals surface area contributed by atoms with E-state index in [1.165, 1.54) is 12.1 Å². The number of hydrogen-bond acceptors (Lipinski definition) is 4. The van der Waals surface area contributed by atoms with Crippen molar-refractivity contribution in [2.45, 2.75) is 45.2 Å². The van der Waals surface area contributed by atoms with Crippen LogP contribution in [0.25, 0.3) is 0 Å². The zero-order valence-corrected chi connectivity index (χ0v) is 18.0. The molecular weight excluding hydrogens is 405 g/mol. The van der Waals surface area contributed by atoms with Crippen LogP contribution in [-0.4, -0.2) is 53.4 Å². The van der Waals surface area contributed by atoms with Crippen molar-refractivity contribution in [2.75, 3.05) is 18.8 Å². The maximum absolute atomic E-state index is 13.2. The number of aromatic nitrogens is 1. The first-order valence-corrected chi connectivity index (χ1v) is 12.0. The number of benzene rings is 1. The van der Waals surface area contributed by atoms with E-state index >= 15 is 0 Å². The summed E-state index contributed by atoms with van der Waals surface area (Å²) < 4.78 is 39.8. The van der Waals surface area contributed by atoms with E-state index in [9.17, 15) is 17.6 Å². The monoisotopic (exact) mass is 433 g/mol. The summed E-state index contributed by atoms with van der Waals surface area (Å²) >= 11 is 0. The second-order valence-electron chi connectivity index (χ2n) is 7.58. The molecule has 0 saturated carbocycles. The van der Waals surface area contributed by atoms with Gasteiger partial charge in [0, 0.05) is 25.7 Å². The number of halogens is 1. The van der Waals surface area contributed by atoms with Gasteiger partial charge >= 0.3 is 0 Å². The average molecular weight is 434 g/mol. The lowest BCUT2D eigenvalue weighted by molar-refractivity contribution is 0.0590. The molecule has 8 heteroatoms. The van der Waals surface area contributed by atoms with Crippen LogP contribution in [0.3, 0.4) is 0 Å². The Hall–Kier alpha value is -2.32. The fourth-order valence-corrected chi connectivity index (χ4v) is 5.36. The van der Waals surface area contributed by atoms with Crippen LogP contribution in [0, 0.1) is 5.82 Å². The van der Waals surface area contributed by atoms with E-state index in [1.807, 2.05) is 37.3 Å². The number of nitrogens with zero attached hydrogens (tertiary/aromatic N) is 3. The lowest BCUT2D eigenvalue weighted by atomic mass is 10.0. The molecule has 1 fully saturated rings. The van der Waals surface area contributed by atoms with Crippen molar-refractivity contribution in [1.29, 1.82) is 0 Å². The van der Waals surface area contributed by atoms with Gasteiger partial charge in [0.15, 0.2) is 0 Å². The van der Waals surface area contributed by atoms with Crippen molar-refractivity contribution in [3.8, 4) is 0 Å². The highest BCUT2D eigenvalue weighted by Crippen LogP contribution is 2.23. The summed E-state index contributed by atoms with van der Waals surface area (Å²) in [5.74, 6) is -0.599. The Bertz CT molecular complexity index is 928. The molecule has 1 aromatic carbocycles. The summed E-state index contributed by atoms with van der Waals surface area (Å²) in [7, 11) is -3.25. The number of carbonyl (C=O) groups excluding carboxylic acids is 1. The van der Waals surface area contributed by atoms with Gasteiger partial charge in [0.25, 0.3) is 5.91 Å². The molecule has 0 N–H and O–H groups in total. The van der Waals surface area contributed by atoms with Crippen LogP contribution in [0.1, 0.15) is 48.7 Å². The van der Waals surface area contributed by atoms with E-state index < -0.39 is 15.8 Å². The first kappa shape index (κ1) is 22.4. The van der Waals surface area contributed by atoms with E-state index in [4.69, 9.17) is 0 Å². The van der Waals surface area contributed by atoms with Crippen LogP contribution in [0.5, 0.6) is 0 Å². The molecule has 1 aliphatic rings. The molecule has 30 heavy (non-hydrogen) atoms. The minimum absolute atomic E-state index is 0.109. The molecule has 1 amide bonds. The van der Waals surface area contributed by atoms with Crippen LogP contribution in [0.4, 0.5) is 4.39 Å². The molecule has 6 nitrogen and oxygen atoms in total. The van der Waals surface area contributed by atoms with Gasteiger partial charge in [-0.2, -0.15) is 0 Å². The Morgan fingerprint density at radius 2 is 1.87 bits per heavy atom. The Morgan fingerprint density at radius 1 is 1.17 bits per heavy atom. The van der Waals surface area contributed by atoms with Crippen molar-refractivity contribution in [2.24, 2.45) is 0 Å². The lowest BCUT2D eigenvalue weighted by Gasteiger charge is -2.38. The highest BCUT2D eigenvalue weighted by molar-refractivity contribution is 7.89. The van der Waals surface area contributed by atoms with E-state index in [0.717, 1.165) is 18.2 Å². The minimum atomic E-state index is -3.25. The molecule has 1 aromatic heterocycles. The van der Waals surface area contributed by atoms with Crippen molar-refractivity contribution >= 4 is 15.9 Å².